The van der Waals surface area contributed by atoms with Crippen molar-refractivity contribution in [2.45, 2.75) is 24.5 Å². The predicted octanol–water partition coefficient (Wildman–Crippen LogP) is -1.72. The highest BCUT2D eigenvalue weighted by Crippen LogP contribution is 2.31. The molecule has 0 aliphatic carbocycles. The average molecular weight is 267 g/mol. The summed E-state index contributed by atoms with van der Waals surface area (Å²) in [5, 5.41) is 39.9. The Kier molecular flexibility index (Phi) is 2.86. The molecule has 1 fully saturated rings. The molecule has 8 heteroatoms. The van der Waals surface area contributed by atoms with Crippen LogP contribution < -0.4 is 4.73 Å². The SMILES string of the molecule is [O-][n+]1ccc2c(c1)ncn2C1O[C@H](CO)[C@@H](O)[C@H]1O. The largest absolute Gasteiger partial charge is 0.619 e. The number of fused-ring (bicyclic) bond motifs is 1. The van der Waals surface area contributed by atoms with Crippen LogP contribution in [0.5, 0.6) is 0 Å². The Labute approximate surface area is 107 Å². The van der Waals surface area contributed by atoms with Crippen molar-refractivity contribution in [2.24, 2.45) is 0 Å². The van der Waals surface area contributed by atoms with Gasteiger partial charge in [0.1, 0.15) is 18.3 Å². The molecule has 19 heavy (non-hydrogen) atoms. The summed E-state index contributed by atoms with van der Waals surface area (Å²) in [5.74, 6) is 0. The topological polar surface area (TPSA) is 115 Å². The van der Waals surface area contributed by atoms with Gasteiger partial charge in [-0.2, -0.15) is 4.73 Å². The molecule has 102 valence electrons. The Morgan fingerprint density at radius 3 is 2.89 bits per heavy atom. The van der Waals surface area contributed by atoms with E-state index in [1.165, 1.54) is 23.3 Å². The molecule has 0 amide bonds. The van der Waals surface area contributed by atoms with Gasteiger partial charge in [-0.15, -0.1) is 0 Å². The molecule has 1 saturated heterocycles. The summed E-state index contributed by atoms with van der Waals surface area (Å²) in [6.07, 6.45) is -0.0000550. The minimum atomic E-state index is -1.17. The van der Waals surface area contributed by atoms with Crippen LogP contribution in [0.4, 0.5) is 0 Å². The van der Waals surface area contributed by atoms with Gasteiger partial charge in [0.15, 0.2) is 17.9 Å². The summed E-state index contributed by atoms with van der Waals surface area (Å²) < 4.78 is 7.55. The molecule has 0 saturated carbocycles. The molecule has 4 atom stereocenters. The third-order valence-corrected chi connectivity index (χ3v) is 3.28. The van der Waals surface area contributed by atoms with E-state index >= 15 is 0 Å². The molecule has 0 radical (unpaired) electrons. The van der Waals surface area contributed by atoms with Crippen LogP contribution in [0.15, 0.2) is 24.8 Å². The molecule has 3 heterocycles. The highest BCUT2D eigenvalue weighted by atomic mass is 16.6. The first-order valence-corrected chi connectivity index (χ1v) is 5.79. The summed E-state index contributed by atoms with van der Waals surface area (Å²) >= 11 is 0. The molecule has 0 bridgehead atoms. The van der Waals surface area contributed by atoms with E-state index in [1.54, 1.807) is 6.07 Å². The van der Waals surface area contributed by atoms with Crippen molar-refractivity contribution in [2.75, 3.05) is 6.61 Å². The van der Waals surface area contributed by atoms with Gasteiger partial charge in [-0.05, 0) is 0 Å². The van der Waals surface area contributed by atoms with Gasteiger partial charge in [0.25, 0.3) is 0 Å². The molecule has 8 nitrogen and oxygen atoms in total. The first-order valence-electron chi connectivity index (χ1n) is 5.79. The lowest BCUT2D eigenvalue weighted by molar-refractivity contribution is -0.604. The molecular formula is C11H13N3O5. The van der Waals surface area contributed by atoms with Crippen molar-refractivity contribution in [3.63, 3.8) is 0 Å². The van der Waals surface area contributed by atoms with Crippen LogP contribution >= 0.6 is 0 Å². The van der Waals surface area contributed by atoms with Crippen molar-refractivity contribution < 1.29 is 24.8 Å². The quantitative estimate of drug-likeness (QED) is 0.440. The van der Waals surface area contributed by atoms with Crippen LogP contribution in [0.3, 0.4) is 0 Å². The van der Waals surface area contributed by atoms with Gasteiger partial charge in [-0.3, -0.25) is 0 Å². The maximum atomic E-state index is 11.1. The van der Waals surface area contributed by atoms with Gasteiger partial charge >= 0.3 is 0 Å². The van der Waals surface area contributed by atoms with Gasteiger partial charge in [0.2, 0.25) is 6.20 Å². The number of aromatic nitrogens is 3. The fraction of sp³-hybridized carbons (Fsp3) is 0.455. The van der Waals surface area contributed by atoms with Gasteiger partial charge in [0, 0.05) is 6.07 Å². The first kappa shape index (κ1) is 12.3. The highest BCUT2D eigenvalue weighted by Gasteiger charge is 2.43. The Hall–Kier alpha value is -1.74. The van der Waals surface area contributed by atoms with Crippen LogP contribution in [0.1, 0.15) is 6.23 Å². The lowest BCUT2D eigenvalue weighted by Crippen LogP contribution is -2.33. The Bertz CT molecular complexity index is 601. The maximum Gasteiger partial charge on any atom is 0.208 e. The minimum Gasteiger partial charge on any atom is -0.619 e. The number of ether oxygens (including phenoxy) is 1. The van der Waals surface area contributed by atoms with Gasteiger partial charge < -0.3 is 29.8 Å². The molecule has 1 unspecified atom stereocenters. The van der Waals surface area contributed by atoms with Gasteiger partial charge in [0.05, 0.1) is 18.5 Å². The molecule has 1 aliphatic rings. The fourth-order valence-electron chi connectivity index (χ4n) is 2.28. The number of aliphatic hydroxyl groups excluding tert-OH is 3. The van der Waals surface area contributed by atoms with E-state index in [2.05, 4.69) is 4.98 Å². The molecular weight excluding hydrogens is 254 g/mol. The summed E-state index contributed by atoms with van der Waals surface area (Å²) in [7, 11) is 0. The number of nitrogens with zero attached hydrogens (tertiary/aromatic N) is 3. The van der Waals surface area contributed by atoms with Crippen molar-refractivity contribution in [3.8, 4) is 0 Å². The Balaban J connectivity index is 2.01. The molecule has 2 aromatic rings. The Morgan fingerprint density at radius 1 is 1.42 bits per heavy atom. The summed E-state index contributed by atoms with van der Waals surface area (Å²) in [6, 6.07) is 1.55. The predicted molar refractivity (Wildman–Crippen MR) is 61.7 cm³/mol. The fourth-order valence-corrected chi connectivity index (χ4v) is 2.28. The standard InChI is InChI=1S/C11H13N3O5/c15-4-8-9(16)10(17)11(19-8)14-5-12-6-3-13(18)2-1-7(6)14/h1-3,5,8-11,15-17H,4H2/t8-,9-,10-,11?/m1/s1. The van der Waals surface area contributed by atoms with E-state index in [0.717, 1.165) is 0 Å². The van der Waals surface area contributed by atoms with Crippen molar-refractivity contribution in [1.29, 1.82) is 0 Å². The third-order valence-electron chi connectivity index (χ3n) is 3.28. The molecule has 1 aliphatic heterocycles. The van der Waals surface area contributed by atoms with Crippen LogP contribution in [0.2, 0.25) is 0 Å². The summed E-state index contributed by atoms with van der Waals surface area (Å²) in [5.41, 5.74) is 1.05. The number of pyridine rings is 1. The number of rotatable bonds is 2. The second-order valence-corrected chi connectivity index (χ2v) is 4.46. The molecule has 0 aromatic carbocycles. The van der Waals surface area contributed by atoms with Crippen molar-refractivity contribution in [1.82, 2.24) is 9.55 Å². The molecule has 3 N–H and O–H groups in total. The number of aliphatic hydroxyl groups is 3. The van der Waals surface area contributed by atoms with Crippen LogP contribution in [0, 0.1) is 5.21 Å². The van der Waals surface area contributed by atoms with Crippen LogP contribution in [-0.4, -0.2) is 49.8 Å². The summed E-state index contributed by atoms with van der Waals surface area (Å²) in [6.45, 7) is -0.387. The first-order chi connectivity index (χ1) is 9.11. The summed E-state index contributed by atoms with van der Waals surface area (Å²) in [4.78, 5) is 4.04. The van der Waals surface area contributed by atoms with Gasteiger partial charge in [-0.25, -0.2) is 4.98 Å². The molecule has 2 aromatic heterocycles. The van der Waals surface area contributed by atoms with Crippen LogP contribution in [0.25, 0.3) is 11.0 Å². The monoisotopic (exact) mass is 267 g/mol. The zero-order valence-corrected chi connectivity index (χ0v) is 9.83. The zero-order valence-electron chi connectivity index (χ0n) is 9.83. The van der Waals surface area contributed by atoms with E-state index in [1.807, 2.05) is 0 Å². The van der Waals surface area contributed by atoms with E-state index < -0.39 is 24.5 Å². The van der Waals surface area contributed by atoms with Crippen molar-refractivity contribution in [3.05, 3.63) is 30.0 Å². The van der Waals surface area contributed by atoms with Crippen LogP contribution in [-0.2, 0) is 4.74 Å². The molecule has 0 spiro atoms. The maximum absolute atomic E-state index is 11.1. The number of hydrogen-bond acceptors (Lipinski definition) is 6. The van der Waals surface area contributed by atoms with Gasteiger partial charge in [-0.1, -0.05) is 0 Å². The third kappa shape index (κ3) is 1.85. The van der Waals surface area contributed by atoms with Crippen molar-refractivity contribution >= 4 is 11.0 Å². The Morgan fingerprint density at radius 2 is 2.21 bits per heavy atom. The smallest absolute Gasteiger partial charge is 0.208 e. The average Bonchev–Trinajstić information content (AvgIpc) is 2.92. The normalized spacial score (nSPS) is 31.1. The van der Waals surface area contributed by atoms with E-state index in [-0.39, 0.29) is 6.61 Å². The minimum absolute atomic E-state index is 0.387. The second kappa shape index (κ2) is 4.42. The zero-order chi connectivity index (χ0) is 13.6. The lowest BCUT2D eigenvalue weighted by atomic mass is 10.1. The number of hydrogen-bond donors (Lipinski definition) is 3. The lowest BCUT2D eigenvalue weighted by Gasteiger charge is -2.16. The number of imidazole rings is 1. The van der Waals surface area contributed by atoms with E-state index in [9.17, 15) is 15.4 Å². The second-order valence-electron chi connectivity index (χ2n) is 4.46. The highest BCUT2D eigenvalue weighted by molar-refractivity contribution is 5.73. The van der Waals surface area contributed by atoms with E-state index in [4.69, 9.17) is 9.84 Å². The molecule has 3 rings (SSSR count). The van der Waals surface area contributed by atoms with E-state index in [0.29, 0.717) is 15.8 Å².